The molecule has 3 N–H and O–H groups in total. The molecule has 1 saturated heterocycles. The topological polar surface area (TPSA) is 96.5 Å². The average Bonchev–Trinajstić information content (AvgIpc) is 2.52. The van der Waals surface area contributed by atoms with Crippen molar-refractivity contribution in [2.24, 2.45) is 5.73 Å². The summed E-state index contributed by atoms with van der Waals surface area (Å²) in [5.74, 6) is -0.740. The zero-order valence-corrected chi connectivity index (χ0v) is 13.7. The number of aryl methyl sites for hydroxylation is 1. The third-order valence-corrected chi connectivity index (χ3v) is 4.44. The average molecular weight is 327 g/mol. The highest BCUT2D eigenvalue weighted by molar-refractivity contribution is 6.05. The van der Waals surface area contributed by atoms with E-state index in [0.29, 0.717) is 30.5 Å². The van der Waals surface area contributed by atoms with Crippen LogP contribution in [0.5, 0.6) is 0 Å². The molecule has 0 bridgehead atoms. The molecule has 1 unspecified atom stereocenters. The Hall–Kier alpha value is -2.47. The summed E-state index contributed by atoms with van der Waals surface area (Å²) in [6.07, 6.45) is 0.961. The maximum absolute atomic E-state index is 13.0. The Morgan fingerprint density at radius 1 is 1.33 bits per heavy atom. The van der Waals surface area contributed by atoms with Gasteiger partial charge >= 0.3 is 0 Å². The van der Waals surface area contributed by atoms with Crippen LogP contribution in [-0.4, -0.2) is 45.5 Å². The third kappa shape index (κ3) is 3.23. The number of nitrogens with zero attached hydrogens (tertiary/aromatic N) is 2. The van der Waals surface area contributed by atoms with Crippen LogP contribution in [0.25, 0.3) is 10.9 Å². The highest BCUT2D eigenvalue weighted by Crippen LogP contribution is 2.27. The minimum atomic E-state index is -1.24. The Labute approximate surface area is 140 Å². The van der Waals surface area contributed by atoms with Crippen molar-refractivity contribution in [2.45, 2.75) is 31.8 Å². The van der Waals surface area contributed by atoms with Gasteiger partial charge in [-0.1, -0.05) is 18.2 Å². The second-order valence-corrected chi connectivity index (χ2v) is 6.53. The summed E-state index contributed by atoms with van der Waals surface area (Å²) in [5, 5.41) is 11.5. The quantitative estimate of drug-likeness (QED) is 0.890. The van der Waals surface area contributed by atoms with Gasteiger partial charge in [0.2, 0.25) is 5.91 Å². The molecule has 1 aromatic carbocycles. The number of nitrogens with two attached hydrogens (primary N) is 1. The number of primary amides is 1. The van der Waals surface area contributed by atoms with Crippen LogP contribution in [0, 0.1) is 6.92 Å². The molecule has 2 amide bonds. The summed E-state index contributed by atoms with van der Waals surface area (Å²) in [4.78, 5) is 30.2. The molecular formula is C18H21N3O3. The van der Waals surface area contributed by atoms with E-state index < -0.39 is 11.5 Å². The molecule has 3 rings (SSSR count). The van der Waals surface area contributed by atoms with Crippen molar-refractivity contribution in [3.05, 3.63) is 41.6 Å². The van der Waals surface area contributed by atoms with Gasteiger partial charge in [0, 0.05) is 17.6 Å². The second-order valence-electron chi connectivity index (χ2n) is 6.53. The molecule has 2 heterocycles. The molecule has 1 fully saturated rings. The molecule has 0 spiro atoms. The maximum atomic E-state index is 13.0. The van der Waals surface area contributed by atoms with E-state index in [1.807, 2.05) is 31.2 Å². The summed E-state index contributed by atoms with van der Waals surface area (Å²) in [5.41, 5.74) is 5.99. The normalized spacial score (nSPS) is 21.0. The predicted molar refractivity (Wildman–Crippen MR) is 90.4 cm³/mol. The van der Waals surface area contributed by atoms with Gasteiger partial charge in [-0.25, -0.2) is 0 Å². The van der Waals surface area contributed by atoms with Gasteiger partial charge in [-0.15, -0.1) is 0 Å². The van der Waals surface area contributed by atoms with Gasteiger partial charge < -0.3 is 15.7 Å². The fraction of sp³-hybridized carbons (Fsp3) is 0.389. The number of carbonyl (C=O) groups is 2. The lowest BCUT2D eigenvalue weighted by atomic mass is 9.89. The molecule has 0 radical (unpaired) electrons. The van der Waals surface area contributed by atoms with E-state index >= 15 is 0 Å². The molecule has 24 heavy (non-hydrogen) atoms. The summed E-state index contributed by atoms with van der Waals surface area (Å²) in [6, 6.07) is 9.33. The van der Waals surface area contributed by atoms with Crippen molar-refractivity contribution in [3.63, 3.8) is 0 Å². The molecule has 6 nitrogen and oxygen atoms in total. The van der Waals surface area contributed by atoms with Crippen LogP contribution in [0.1, 0.15) is 35.3 Å². The van der Waals surface area contributed by atoms with Gasteiger partial charge in [-0.05, 0) is 31.9 Å². The van der Waals surface area contributed by atoms with Gasteiger partial charge in [0.15, 0.2) is 0 Å². The number of hydrogen-bond acceptors (Lipinski definition) is 4. The van der Waals surface area contributed by atoms with Crippen LogP contribution in [0.3, 0.4) is 0 Å². The first-order valence-electron chi connectivity index (χ1n) is 8.04. The van der Waals surface area contributed by atoms with Gasteiger partial charge in [0.1, 0.15) is 0 Å². The van der Waals surface area contributed by atoms with Crippen molar-refractivity contribution in [3.8, 4) is 0 Å². The van der Waals surface area contributed by atoms with Gasteiger partial charge in [-0.2, -0.15) is 0 Å². The van der Waals surface area contributed by atoms with Gasteiger partial charge in [-0.3, -0.25) is 14.6 Å². The van der Waals surface area contributed by atoms with Gasteiger partial charge in [0.25, 0.3) is 5.91 Å². The number of amides is 2. The van der Waals surface area contributed by atoms with E-state index in [-0.39, 0.29) is 18.9 Å². The zero-order chi connectivity index (χ0) is 17.3. The highest BCUT2D eigenvalue weighted by atomic mass is 16.3. The van der Waals surface area contributed by atoms with Crippen LogP contribution < -0.4 is 5.73 Å². The van der Waals surface area contributed by atoms with Crippen LogP contribution >= 0.6 is 0 Å². The Morgan fingerprint density at radius 3 is 2.88 bits per heavy atom. The molecule has 0 saturated carbocycles. The Morgan fingerprint density at radius 2 is 2.12 bits per heavy atom. The summed E-state index contributed by atoms with van der Waals surface area (Å²) >= 11 is 0. The molecule has 1 atom stereocenters. The number of hydrogen-bond donors (Lipinski definition) is 2. The fourth-order valence-corrected chi connectivity index (χ4v) is 3.34. The summed E-state index contributed by atoms with van der Waals surface area (Å²) < 4.78 is 0. The van der Waals surface area contributed by atoms with E-state index in [4.69, 9.17) is 5.73 Å². The number of fused-ring (bicyclic) bond motifs is 1. The standard InChI is InChI=1S/C18H21N3O3/c1-12-6-7-13-4-2-5-14(16(13)20-12)17(23)21-9-3-8-18(24,11-21)10-15(19)22/h2,4-7,24H,3,8-11H2,1H3,(H2,19,22). The first-order valence-corrected chi connectivity index (χ1v) is 8.04. The lowest BCUT2D eigenvalue weighted by Gasteiger charge is -2.38. The van der Waals surface area contributed by atoms with E-state index in [1.165, 1.54) is 0 Å². The minimum Gasteiger partial charge on any atom is -0.388 e. The number of likely N-dealkylation sites (tertiary alicyclic amines) is 1. The number of carbonyl (C=O) groups excluding carboxylic acids is 2. The highest BCUT2D eigenvalue weighted by Gasteiger charge is 2.37. The molecule has 0 aliphatic carbocycles. The Bertz CT molecular complexity index is 805. The number of benzene rings is 1. The lowest BCUT2D eigenvalue weighted by Crippen LogP contribution is -2.51. The maximum Gasteiger partial charge on any atom is 0.256 e. The van der Waals surface area contributed by atoms with E-state index in [1.54, 1.807) is 11.0 Å². The van der Waals surface area contributed by atoms with Crippen molar-refractivity contribution >= 4 is 22.7 Å². The molecular weight excluding hydrogens is 306 g/mol. The Balaban J connectivity index is 1.92. The largest absolute Gasteiger partial charge is 0.388 e. The van der Waals surface area contributed by atoms with Crippen molar-refractivity contribution in [1.29, 1.82) is 0 Å². The van der Waals surface area contributed by atoms with Crippen LogP contribution in [0.4, 0.5) is 0 Å². The Kier molecular flexibility index (Phi) is 4.24. The van der Waals surface area contributed by atoms with Crippen molar-refractivity contribution in [2.75, 3.05) is 13.1 Å². The molecule has 1 aliphatic rings. The van der Waals surface area contributed by atoms with Crippen LogP contribution in [0.2, 0.25) is 0 Å². The number of rotatable bonds is 3. The molecule has 126 valence electrons. The van der Waals surface area contributed by atoms with Crippen molar-refractivity contribution in [1.82, 2.24) is 9.88 Å². The SMILES string of the molecule is Cc1ccc2cccc(C(=O)N3CCCC(O)(CC(N)=O)C3)c2n1. The molecule has 6 heteroatoms. The molecule has 1 aliphatic heterocycles. The van der Waals surface area contributed by atoms with Crippen LogP contribution in [0.15, 0.2) is 30.3 Å². The molecule has 1 aromatic heterocycles. The smallest absolute Gasteiger partial charge is 0.256 e. The summed E-state index contributed by atoms with van der Waals surface area (Å²) in [6.45, 7) is 2.53. The first kappa shape index (κ1) is 16.4. The fourth-order valence-electron chi connectivity index (χ4n) is 3.34. The number of β-amino-alcohol motifs (C(OH)–C–C–N with tert-alkyl or cyclic N) is 1. The zero-order valence-electron chi connectivity index (χ0n) is 13.7. The van der Waals surface area contributed by atoms with Crippen molar-refractivity contribution < 1.29 is 14.7 Å². The van der Waals surface area contributed by atoms with Gasteiger partial charge in [0.05, 0.1) is 29.6 Å². The minimum absolute atomic E-state index is 0.108. The summed E-state index contributed by atoms with van der Waals surface area (Å²) in [7, 11) is 0. The van der Waals surface area contributed by atoms with Crippen LogP contribution in [-0.2, 0) is 4.79 Å². The van der Waals surface area contributed by atoms with E-state index in [0.717, 1.165) is 11.1 Å². The second kappa shape index (κ2) is 6.20. The number of pyridine rings is 1. The first-order chi connectivity index (χ1) is 11.4. The molecule has 2 aromatic rings. The number of para-hydroxylation sites is 1. The lowest BCUT2D eigenvalue weighted by molar-refractivity contribution is -0.125. The number of aromatic nitrogens is 1. The predicted octanol–water partition coefficient (Wildman–Crippen LogP) is 1.39. The van der Waals surface area contributed by atoms with E-state index in [9.17, 15) is 14.7 Å². The number of aliphatic hydroxyl groups is 1. The van der Waals surface area contributed by atoms with E-state index in [2.05, 4.69) is 4.98 Å². The third-order valence-electron chi connectivity index (χ3n) is 4.44. The monoisotopic (exact) mass is 327 g/mol. The number of piperidine rings is 1.